The van der Waals surface area contributed by atoms with Crippen LogP contribution in [0.4, 0.5) is 5.69 Å². The normalized spacial score (nSPS) is 19.7. The van der Waals surface area contributed by atoms with Crippen LogP contribution in [-0.4, -0.2) is 11.0 Å². The number of aromatic nitrogens is 1. The molecule has 3 nitrogen and oxygen atoms in total. The van der Waals surface area contributed by atoms with Crippen LogP contribution in [0.25, 0.3) is 10.2 Å². The molecule has 0 amide bonds. The van der Waals surface area contributed by atoms with E-state index in [4.69, 9.17) is 17.3 Å². The van der Waals surface area contributed by atoms with Crippen molar-refractivity contribution >= 4 is 50.2 Å². The Hall–Kier alpha value is -1.58. The molecule has 1 saturated carbocycles. The Labute approximate surface area is 173 Å². The van der Waals surface area contributed by atoms with E-state index in [1.807, 2.05) is 13.0 Å². The number of thiophene rings is 2. The van der Waals surface area contributed by atoms with Gasteiger partial charge in [-0.15, -0.1) is 28.6 Å². The van der Waals surface area contributed by atoms with Gasteiger partial charge in [-0.05, 0) is 31.2 Å². The molecule has 0 spiro atoms. The van der Waals surface area contributed by atoms with Crippen molar-refractivity contribution in [3.05, 3.63) is 44.1 Å². The largest absolute Gasteiger partial charge is 0.379 e. The first-order chi connectivity index (χ1) is 13.2. The van der Waals surface area contributed by atoms with E-state index in [1.165, 1.54) is 22.6 Å². The lowest BCUT2D eigenvalue weighted by Gasteiger charge is -2.28. The van der Waals surface area contributed by atoms with Crippen LogP contribution in [0.3, 0.4) is 0 Å². The van der Waals surface area contributed by atoms with E-state index in [9.17, 15) is 0 Å². The Morgan fingerprint density at radius 1 is 1.37 bits per heavy atom. The van der Waals surface area contributed by atoms with Crippen molar-refractivity contribution in [1.29, 1.82) is 0 Å². The maximum absolute atomic E-state index is 6.49. The molecule has 27 heavy (non-hydrogen) atoms. The van der Waals surface area contributed by atoms with E-state index >= 15 is 0 Å². The summed E-state index contributed by atoms with van der Waals surface area (Å²) >= 11 is 9.89. The molecule has 6 heteroatoms. The summed E-state index contributed by atoms with van der Waals surface area (Å²) in [7, 11) is 0. The van der Waals surface area contributed by atoms with E-state index < -0.39 is 0 Å². The lowest BCUT2D eigenvalue weighted by Crippen LogP contribution is -2.31. The minimum atomic E-state index is 0.196. The van der Waals surface area contributed by atoms with Gasteiger partial charge in [0, 0.05) is 34.3 Å². The van der Waals surface area contributed by atoms with Crippen LogP contribution < -0.4 is 11.1 Å². The number of pyridine rings is 1. The quantitative estimate of drug-likeness (QED) is 0.407. The van der Waals surface area contributed by atoms with Crippen LogP contribution in [0.5, 0.6) is 0 Å². The van der Waals surface area contributed by atoms with Crippen LogP contribution in [0.15, 0.2) is 23.6 Å². The number of fused-ring (bicyclic) bond motifs is 1. The summed E-state index contributed by atoms with van der Waals surface area (Å²) in [5.74, 6) is 6.72. The molecule has 140 valence electrons. The molecule has 1 aliphatic rings. The molecule has 3 aromatic heterocycles. The van der Waals surface area contributed by atoms with E-state index in [0.717, 1.165) is 40.9 Å². The number of hydrogen-bond acceptors (Lipinski definition) is 5. The molecule has 0 saturated heterocycles. The van der Waals surface area contributed by atoms with E-state index in [0.29, 0.717) is 11.1 Å². The number of rotatable bonds is 4. The molecular formula is C21H22ClN3S2. The van der Waals surface area contributed by atoms with Crippen LogP contribution in [0, 0.1) is 11.8 Å². The minimum absolute atomic E-state index is 0.196. The van der Waals surface area contributed by atoms with Crippen LogP contribution in [-0.2, 0) is 6.54 Å². The van der Waals surface area contributed by atoms with Crippen molar-refractivity contribution < 1.29 is 0 Å². The van der Waals surface area contributed by atoms with Crippen LogP contribution >= 0.6 is 34.3 Å². The molecule has 1 fully saturated rings. The third kappa shape index (κ3) is 3.86. The highest BCUT2D eigenvalue weighted by Crippen LogP contribution is 2.44. The van der Waals surface area contributed by atoms with Crippen molar-refractivity contribution in [3.63, 3.8) is 0 Å². The average molecular weight is 416 g/mol. The molecule has 3 heterocycles. The zero-order chi connectivity index (χ0) is 18.8. The Kier molecular flexibility index (Phi) is 5.70. The standard InChI is InChI=1S/C21H22ClN3S2/c1-2-6-15-19-21(27-20(15)14-8-3-4-9-16(14)23)17(11-18(22)25-19)24-12-13-7-5-10-26-13/h5,7,10-11,14,16H,3-4,8-9,12,23H2,1H3,(H,24,25)/t14-,16-/m0/s1. The van der Waals surface area contributed by atoms with Gasteiger partial charge in [0.2, 0.25) is 0 Å². The van der Waals surface area contributed by atoms with E-state index in [1.54, 1.807) is 22.7 Å². The number of halogens is 1. The first-order valence-corrected chi connectivity index (χ1v) is 11.3. The van der Waals surface area contributed by atoms with Crippen molar-refractivity contribution in [1.82, 2.24) is 4.98 Å². The lowest BCUT2D eigenvalue weighted by molar-refractivity contribution is 0.389. The van der Waals surface area contributed by atoms with Crippen molar-refractivity contribution in [2.75, 3.05) is 5.32 Å². The number of hydrogen-bond donors (Lipinski definition) is 2. The summed E-state index contributed by atoms with van der Waals surface area (Å²) in [5.41, 5.74) is 9.43. The van der Waals surface area contributed by atoms with E-state index in [2.05, 4.69) is 39.7 Å². The summed E-state index contributed by atoms with van der Waals surface area (Å²) in [4.78, 5) is 7.20. The molecule has 0 aliphatic heterocycles. The first-order valence-electron chi connectivity index (χ1n) is 9.25. The molecule has 3 N–H and O–H groups in total. The topological polar surface area (TPSA) is 50.9 Å². The van der Waals surface area contributed by atoms with Gasteiger partial charge in [-0.2, -0.15) is 0 Å². The maximum Gasteiger partial charge on any atom is 0.131 e. The monoisotopic (exact) mass is 415 g/mol. The van der Waals surface area contributed by atoms with Gasteiger partial charge in [-0.1, -0.05) is 36.4 Å². The van der Waals surface area contributed by atoms with Crippen molar-refractivity contribution in [2.24, 2.45) is 5.73 Å². The maximum atomic E-state index is 6.49. The molecular weight excluding hydrogens is 394 g/mol. The fourth-order valence-electron chi connectivity index (χ4n) is 3.77. The van der Waals surface area contributed by atoms with Gasteiger partial charge in [0.05, 0.1) is 16.0 Å². The number of nitrogens with two attached hydrogens (primary N) is 1. The van der Waals surface area contributed by atoms with Gasteiger partial charge >= 0.3 is 0 Å². The Morgan fingerprint density at radius 2 is 2.22 bits per heavy atom. The Balaban J connectivity index is 1.80. The number of nitrogens with one attached hydrogen (secondary N) is 1. The van der Waals surface area contributed by atoms with Crippen LogP contribution in [0.2, 0.25) is 5.15 Å². The highest BCUT2D eigenvalue weighted by molar-refractivity contribution is 7.20. The SMILES string of the molecule is CC#Cc1c([C@H]2CCCC[C@@H]2N)sc2c(NCc3cccs3)cc(Cl)nc12. The van der Waals surface area contributed by atoms with E-state index in [-0.39, 0.29) is 6.04 Å². The fraction of sp³-hybridized carbons (Fsp3) is 0.381. The zero-order valence-electron chi connectivity index (χ0n) is 15.2. The molecule has 0 radical (unpaired) electrons. The van der Waals surface area contributed by atoms with Gasteiger partial charge < -0.3 is 11.1 Å². The fourth-order valence-corrected chi connectivity index (χ4v) is 6.01. The van der Waals surface area contributed by atoms with Gasteiger partial charge in [0.15, 0.2) is 0 Å². The van der Waals surface area contributed by atoms with Gasteiger partial charge in [-0.3, -0.25) is 0 Å². The average Bonchev–Trinajstić information content (AvgIpc) is 3.29. The third-order valence-electron chi connectivity index (χ3n) is 5.08. The first kappa shape index (κ1) is 18.8. The second-order valence-electron chi connectivity index (χ2n) is 6.87. The molecule has 4 rings (SSSR count). The number of nitrogens with zero attached hydrogens (tertiary/aromatic N) is 1. The van der Waals surface area contributed by atoms with Gasteiger partial charge in [-0.25, -0.2) is 4.98 Å². The smallest absolute Gasteiger partial charge is 0.131 e. The predicted molar refractivity (Wildman–Crippen MR) is 118 cm³/mol. The van der Waals surface area contributed by atoms with Gasteiger partial charge in [0.25, 0.3) is 0 Å². The summed E-state index contributed by atoms with van der Waals surface area (Å²) in [6.07, 6.45) is 4.64. The summed E-state index contributed by atoms with van der Waals surface area (Å²) in [6, 6.07) is 6.32. The molecule has 3 aromatic rings. The molecule has 0 aromatic carbocycles. The second-order valence-corrected chi connectivity index (χ2v) is 9.35. The highest BCUT2D eigenvalue weighted by Gasteiger charge is 2.29. The summed E-state index contributed by atoms with van der Waals surface area (Å²) in [6.45, 7) is 2.65. The Morgan fingerprint density at radius 3 is 2.96 bits per heavy atom. The Bertz CT molecular complexity index is 998. The summed E-state index contributed by atoms with van der Waals surface area (Å²) < 4.78 is 1.13. The summed E-state index contributed by atoms with van der Waals surface area (Å²) in [5, 5.41) is 6.13. The van der Waals surface area contributed by atoms with Gasteiger partial charge in [0.1, 0.15) is 10.7 Å². The lowest BCUT2D eigenvalue weighted by atomic mass is 9.83. The molecule has 2 atom stereocenters. The highest BCUT2D eigenvalue weighted by atomic mass is 35.5. The van der Waals surface area contributed by atoms with Crippen molar-refractivity contribution in [3.8, 4) is 11.8 Å². The van der Waals surface area contributed by atoms with Crippen molar-refractivity contribution in [2.45, 2.75) is 51.1 Å². The minimum Gasteiger partial charge on any atom is -0.379 e. The predicted octanol–water partition coefficient (Wildman–Crippen LogP) is 5.98. The molecule has 1 aliphatic carbocycles. The molecule has 0 bridgehead atoms. The van der Waals surface area contributed by atoms with Crippen LogP contribution in [0.1, 0.15) is 53.8 Å². The molecule has 0 unspecified atom stereocenters. The zero-order valence-corrected chi connectivity index (χ0v) is 17.6. The number of anilines is 1. The second kappa shape index (κ2) is 8.20. The third-order valence-corrected chi connectivity index (χ3v) is 7.49.